The van der Waals surface area contributed by atoms with Crippen LogP contribution in [0.3, 0.4) is 0 Å². The van der Waals surface area contributed by atoms with E-state index < -0.39 is 11.2 Å². The van der Waals surface area contributed by atoms with Crippen molar-refractivity contribution >= 4 is 17.7 Å². The van der Waals surface area contributed by atoms with Crippen molar-refractivity contribution in [2.75, 3.05) is 13.1 Å². The molecule has 1 fully saturated rings. The summed E-state index contributed by atoms with van der Waals surface area (Å²) in [4.78, 5) is 13.8. The summed E-state index contributed by atoms with van der Waals surface area (Å²) >= 11 is 6.00. The van der Waals surface area contributed by atoms with E-state index in [4.69, 9.17) is 22.1 Å². The van der Waals surface area contributed by atoms with Crippen LogP contribution >= 0.6 is 11.6 Å². The number of nitrogens with two attached hydrogens (primary N) is 1. The minimum atomic E-state index is -0.988. The molecule has 0 spiro atoms. The van der Waals surface area contributed by atoms with E-state index >= 15 is 0 Å². The molecule has 1 aromatic rings. The van der Waals surface area contributed by atoms with Crippen molar-refractivity contribution in [3.8, 4) is 0 Å². The van der Waals surface area contributed by atoms with E-state index in [-0.39, 0.29) is 6.09 Å². The Labute approximate surface area is 142 Å². The van der Waals surface area contributed by atoms with Crippen LogP contribution in [0.5, 0.6) is 0 Å². The molecule has 5 nitrogen and oxygen atoms in total. The summed E-state index contributed by atoms with van der Waals surface area (Å²) in [5.74, 6) is 0. The molecular formula is C17H25ClN2O3. The molecule has 1 heterocycles. The Morgan fingerprint density at radius 3 is 2.52 bits per heavy atom. The number of hydrogen-bond donors (Lipinski definition) is 2. The average Bonchev–Trinajstić information content (AvgIpc) is 2.45. The minimum Gasteiger partial charge on any atom is -0.444 e. The quantitative estimate of drug-likeness (QED) is 0.867. The third-order valence-corrected chi connectivity index (χ3v) is 4.27. The highest BCUT2D eigenvalue weighted by molar-refractivity contribution is 6.30. The highest BCUT2D eigenvalue weighted by Gasteiger charge is 2.37. The molecule has 1 amide bonds. The fourth-order valence-corrected chi connectivity index (χ4v) is 3.03. The number of piperidine rings is 1. The SMILES string of the molecule is CC(C)(C)OC(=O)N1CCC(O)(c2ccc(Cl)cc2CN)CC1. The van der Waals surface area contributed by atoms with E-state index in [0.717, 1.165) is 11.1 Å². The number of amides is 1. The molecule has 3 N–H and O–H groups in total. The van der Waals surface area contributed by atoms with Gasteiger partial charge in [0.25, 0.3) is 0 Å². The lowest BCUT2D eigenvalue weighted by molar-refractivity contribution is -0.0360. The molecule has 1 aliphatic rings. The highest BCUT2D eigenvalue weighted by atomic mass is 35.5. The third-order valence-electron chi connectivity index (χ3n) is 4.03. The Morgan fingerprint density at radius 1 is 1.39 bits per heavy atom. The van der Waals surface area contributed by atoms with Gasteiger partial charge >= 0.3 is 6.09 Å². The monoisotopic (exact) mass is 340 g/mol. The fraction of sp³-hybridized carbons (Fsp3) is 0.588. The predicted octanol–water partition coefficient (Wildman–Crippen LogP) is 3.02. The van der Waals surface area contributed by atoms with Gasteiger partial charge in [-0.25, -0.2) is 4.79 Å². The van der Waals surface area contributed by atoms with Gasteiger partial charge < -0.3 is 20.5 Å². The number of hydrogen-bond acceptors (Lipinski definition) is 4. The molecule has 6 heteroatoms. The summed E-state index contributed by atoms with van der Waals surface area (Å²) in [7, 11) is 0. The molecule has 0 bridgehead atoms. The number of likely N-dealkylation sites (tertiary alicyclic amines) is 1. The van der Waals surface area contributed by atoms with Gasteiger partial charge in [0.2, 0.25) is 0 Å². The van der Waals surface area contributed by atoms with Crippen LogP contribution in [0.25, 0.3) is 0 Å². The number of rotatable bonds is 2. The molecule has 1 saturated heterocycles. The van der Waals surface area contributed by atoms with E-state index in [1.54, 1.807) is 17.0 Å². The Bertz CT molecular complexity index is 576. The minimum absolute atomic E-state index is 0.313. The van der Waals surface area contributed by atoms with Gasteiger partial charge in [-0.1, -0.05) is 17.7 Å². The Hall–Kier alpha value is -1.30. The Balaban J connectivity index is 2.09. The first-order chi connectivity index (χ1) is 10.6. The van der Waals surface area contributed by atoms with E-state index in [0.29, 0.717) is 37.5 Å². The van der Waals surface area contributed by atoms with Crippen LogP contribution in [0, 0.1) is 0 Å². The molecule has 0 unspecified atom stereocenters. The molecule has 0 aromatic heterocycles. The summed E-state index contributed by atoms with van der Waals surface area (Å²) in [6.07, 6.45) is 0.552. The van der Waals surface area contributed by atoms with Crippen LogP contribution in [-0.2, 0) is 16.9 Å². The van der Waals surface area contributed by atoms with Gasteiger partial charge in [0.1, 0.15) is 5.60 Å². The lowest BCUT2D eigenvalue weighted by Gasteiger charge is -2.39. The third kappa shape index (κ3) is 4.37. The maximum Gasteiger partial charge on any atom is 0.410 e. The Kier molecular flexibility index (Phi) is 5.23. The van der Waals surface area contributed by atoms with Gasteiger partial charge in [0, 0.05) is 24.7 Å². The summed E-state index contributed by atoms with van der Waals surface area (Å²) in [5.41, 5.74) is 5.91. The van der Waals surface area contributed by atoms with Crippen molar-refractivity contribution in [3.05, 3.63) is 34.3 Å². The highest BCUT2D eigenvalue weighted by Crippen LogP contribution is 2.36. The number of carbonyl (C=O) groups is 1. The largest absolute Gasteiger partial charge is 0.444 e. The van der Waals surface area contributed by atoms with Crippen molar-refractivity contribution in [2.24, 2.45) is 5.73 Å². The molecular weight excluding hydrogens is 316 g/mol. The second-order valence-electron chi connectivity index (χ2n) is 7.00. The summed E-state index contributed by atoms with van der Waals surface area (Å²) < 4.78 is 5.38. The zero-order chi connectivity index (χ0) is 17.3. The van der Waals surface area contributed by atoms with E-state index in [9.17, 15) is 9.90 Å². The van der Waals surface area contributed by atoms with Crippen LogP contribution in [0.2, 0.25) is 5.02 Å². The van der Waals surface area contributed by atoms with Crippen molar-refractivity contribution < 1.29 is 14.6 Å². The number of nitrogens with zero attached hydrogens (tertiary/aromatic N) is 1. The van der Waals surface area contributed by atoms with E-state index in [2.05, 4.69) is 0 Å². The van der Waals surface area contributed by atoms with Crippen LogP contribution < -0.4 is 5.73 Å². The summed E-state index contributed by atoms with van der Waals surface area (Å²) in [5, 5.41) is 11.6. The predicted molar refractivity (Wildman–Crippen MR) is 90.3 cm³/mol. The zero-order valence-corrected chi connectivity index (χ0v) is 14.7. The second-order valence-corrected chi connectivity index (χ2v) is 7.44. The average molecular weight is 341 g/mol. The number of aliphatic hydroxyl groups is 1. The van der Waals surface area contributed by atoms with Crippen LogP contribution in [0.1, 0.15) is 44.7 Å². The van der Waals surface area contributed by atoms with Crippen molar-refractivity contribution in [3.63, 3.8) is 0 Å². The first-order valence-corrected chi connectivity index (χ1v) is 8.22. The zero-order valence-electron chi connectivity index (χ0n) is 13.9. The summed E-state index contributed by atoms with van der Waals surface area (Å²) in [6.45, 7) is 6.72. The maximum atomic E-state index is 12.1. The second kappa shape index (κ2) is 6.67. The first-order valence-electron chi connectivity index (χ1n) is 7.84. The van der Waals surface area contributed by atoms with Crippen LogP contribution in [0.15, 0.2) is 18.2 Å². The van der Waals surface area contributed by atoms with Gasteiger partial charge in [-0.2, -0.15) is 0 Å². The molecule has 0 radical (unpaired) electrons. The van der Waals surface area contributed by atoms with E-state index in [1.807, 2.05) is 26.8 Å². The maximum absolute atomic E-state index is 12.1. The normalized spacial score (nSPS) is 17.9. The topological polar surface area (TPSA) is 75.8 Å². The molecule has 0 aliphatic carbocycles. The molecule has 23 heavy (non-hydrogen) atoms. The van der Waals surface area contributed by atoms with Crippen LogP contribution in [-0.4, -0.2) is 34.8 Å². The molecule has 2 rings (SSSR count). The van der Waals surface area contributed by atoms with E-state index in [1.165, 1.54) is 0 Å². The number of carbonyl (C=O) groups excluding carboxylic acids is 1. The van der Waals surface area contributed by atoms with Crippen LogP contribution in [0.4, 0.5) is 4.79 Å². The van der Waals surface area contributed by atoms with Crippen molar-refractivity contribution in [1.82, 2.24) is 4.90 Å². The standard InChI is InChI=1S/C17H25ClN2O3/c1-16(2,3)23-15(21)20-8-6-17(22,7-9-20)14-5-4-13(18)10-12(14)11-19/h4-5,10,22H,6-9,11,19H2,1-3H3. The molecule has 1 aromatic carbocycles. The number of benzene rings is 1. The van der Waals surface area contributed by atoms with Gasteiger partial charge in [-0.05, 0) is 56.9 Å². The molecule has 1 aliphatic heterocycles. The number of ether oxygens (including phenoxy) is 1. The fourth-order valence-electron chi connectivity index (χ4n) is 2.84. The molecule has 128 valence electrons. The lowest BCUT2D eigenvalue weighted by Crippen LogP contribution is -2.47. The van der Waals surface area contributed by atoms with Crippen molar-refractivity contribution in [1.29, 1.82) is 0 Å². The smallest absolute Gasteiger partial charge is 0.410 e. The molecule has 0 atom stereocenters. The van der Waals surface area contributed by atoms with Gasteiger partial charge in [-0.3, -0.25) is 0 Å². The molecule has 0 saturated carbocycles. The first kappa shape index (κ1) is 18.0. The lowest BCUT2D eigenvalue weighted by atomic mass is 9.82. The Morgan fingerprint density at radius 2 is 2.00 bits per heavy atom. The van der Waals surface area contributed by atoms with Gasteiger partial charge in [0.15, 0.2) is 0 Å². The summed E-state index contributed by atoms with van der Waals surface area (Å²) in [6, 6.07) is 5.37. The van der Waals surface area contributed by atoms with Crippen molar-refractivity contribution in [2.45, 2.75) is 51.4 Å². The number of halogens is 1. The van der Waals surface area contributed by atoms with Gasteiger partial charge in [-0.15, -0.1) is 0 Å². The van der Waals surface area contributed by atoms with Gasteiger partial charge in [0.05, 0.1) is 5.60 Å².